The van der Waals surface area contributed by atoms with Crippen molar-refractivity contribution in [2.24, 2.45) is 0 Å². The fraction of sp³-hybridized carbons (Fsp3) is 0.188. The second-order valence-corrected chi connectivity index (χ2v) is 7.05. The van der Waals surface area contributed by atoms with Gasteiger partial charge in [-0.05, 0) is 42.5 Å². The van der Waals surface area contributed by atoms with E-state index in [-0.39, 0.29) is 23.9 Å². The highest BCUT2D eigenvalue weighted by Crippen LogP contribution is 2.37. The van der Waals surface area contributed by atoms with E-state index in [0.29, 0.717) is 0 Å². The van der Waals surface area contributed by atoms with Gasteiger partial charge in [0.15, 0.2) is 0 Å². The van der Waals surface area contributed by atoms with Gasteiger partial charge >= 0.3 is 12.4 Å². The van der Waals surface area contributed by atoms with Gasteiger partial charge in [0.1, 0.15) is 5.75 Å². The summed E-state index contributed by atoms with van der Waals surface area (Å²) in [6, 6.07) is 4.80. The van der Waals surface area contributed by atoms with Crippen molar-refractivity contribution < 1.29 is 44.3 Å². The molecule has 0 saturated carbocycles. The number of alkyl halides is 6. The number of hydrogen-bond donors (Lipinski definition) is 1. The summed E-state index contributed by atoms with van der Waals surface area (Å²) < 4.78 is 108. The Morgan fingerprint density at radius 2 is 1.50 bits per heavy atom. The minimum atomic E-state index is -5.32. The Kier molecular flexibility index (Phi) is 5.64. The molecule has 1 N–H and O–H groups in total. The fourth-order valence-corrected chi connectivity index (χ4v) is 3.11. The number of ether oxygens (including phenoxy) is 1. The first-order valence-electron chi connectivity index (χ1n) is 7.25. The number of benzene rings is 2. The van der Waals surface area contributed by atoms with E-state index in [2.05, 4.69) is 0 Å². The van der Waals surface area contributed by atoms with E-state index < -0.39 is 49.9 Å². The molecule has 2 aromatic rings. The van der Waals surface area contributed by atoms with Crippen molar-refractivity contribution in [3.63, 3.8) is 0 Å². The molecule has 12 heteroatoms. The van der Waals surface area contributed by atoms with Gasteiger partial charge in [0, 0.05) is 0 Å². The predicted molar refractivity (Wildman–Crippen MR) is 84.1 cm³/mol. The minimum absolute atomic E-state index is 0.254. The molecule has 2 aromatic carbocycles. The standard InChI is InChI=1S/C16H11F6NO4S/c1-27-10-3-5-11(6-4-10)28(25,26)23-14(24)12-7-2-9(15(17,18)19)8-13(12)16(20,21)22/h2-8H,1H3,(H,23,24). The average Bonchev–Trinajstić information content (AvgIpc) is 2.59. The maximum Gasteiger partial charge on any atom is 0.417 e. The summed E-state index contributed by atoms with van der Waals surface area (Å²) in [4.78, 5) is 11.6. The Morgan fingerprint density at radius 1 is 0.929 bits per heavy atom. The maximum absolute atomic E-state index is 13.1. The monoisotopic (exact) mass is 427 g/mol. The largest absolute Gasteiger partial charge is 0.497 e. The lowest BCUT2D eigenvalue weighted by Crippen LogP contribution is -2.32. The van der Waals surface area contributed by atoms with Crippen LogP contribution in [0, 0.1) is 0 Å². The number of sulfonamides is 1. The van der Waals surface area contributed by atoms with Crippen LogP contribution >= 0.6 is 0 Å². The van der Waals surface area contributed by atoms with Crippen LogP contribution in [-0.2, 0) is 22.4 Å². The third-order valence-corrected chi connectivity index (χ3v) is 4.84. The van der Waals surface area contributed by atoms with Crippen molar-refractivity contribution in [2.45, 2.75) is 17.2 Å². The van der Waals surface area contributed by atoms with E-state index in [1.165, 1.54) is 24.0 Å². The van der Waals surface area contributed by atoms with Crippen molar-refractivity contribution in [3.8, 4) is 5.75 Å². The number of hydrogen-bond acceptors (Lipinski definition) is 4. The van der Waals surface area contributed by atoms with Crippen LogP contribution in [0.3, 0.4) is 0 Å². The molecule has 1 amide bonds. The highest BCUT2D eigenvalue weighted by atomic mass is 32.2. The number of carbonyl (C=O) groups excluding carboxylic acids is 1. The van der Waals surface area contributed by atoms with Crippen LogP contribution in [0.5, 0.6) is 5.75 Å². The Morgan fingerprint density at radius 3 is 1.96 bits per heavy atom. The van der Waals surface area contributed by atoms with Crippen LogP contribution in [-0.4, -0.2) is 21.4 Å². The molecule has 0 saturated heterocycles. The molecular formula is C16H11F6NO4S. The molecule has 0 aliphatic rings. The molecule has 2 rings (SSSR count). The van der Waals surface area contributed by atoms with E-state index in [0.717, 1.165) is 12.1 Å². The lowest BCUT2D eigenvalue weighted by atomic mass is 10.0. The maximum atomic E-state index is 13.1. The van der Waals surface area contributed by atoms with E-state index >= 15 is 0 Å². The van der Waals surface area contributed by atoms with Gasteiger partial charge in [0.2, 0.25) is 0 Å². The Labute approximate surface area is 155 Å². The van der Waals surface area contributed by atoms with E-state index in [1.54, 1.807) is 0 Å². The fourth-order valence-electron chi connectivity index (χ4n) is 2.14. The van der Waals surface area contributed by atoms with Crippen LogP contribution in [0.25, 0.3) is 0 Å². The summed E-state index contributed by atoms with van der Waals surface area (Å²) in [7, 11) is -3.26. The zero-order valence-corrected chi connectivity index (χ0v) is 14.7. The predicted octanol–water partition coefficient (Wildman–Crippen LogP) is 3.85. The summed E-state index contributed by atoms with van der Waals surface area (Å²) in [5, 5.41) is 0. The van der Waals surface area contributed by atoms with Crippen molar-refractivity contribution >= 4 is 15.9 Å². The van der Waals surface area contributed by atoms with E-state index in [9.17, 15) is 39.6 Å². The third-order valence-electron chi connectivity index (χ3n) is 3.49. The molecule has 0 aliphatic carbocycles. The molecular weight excluding hydrogens is 416 g/mol. The van der Waals surface area contributed by atoms with Gasteiger partial charge in [-0.1, -0.05) is 0 Å². The molecule has 0 aromatic heterocycles. The van der Waals surface area contributed by atoms with Gasteiger partial charge in [-0.15, -0.1) is 0 Å². The Balaban J connectivity index is 2.42. The van der Waals surface area contributed by atoms with Crippen molar-refractivity contribution in [1.82, 2.24) is 4.72 Å². The van der Waals surface area contributed by atoms with Crippen LogP contribution in [0.1, 0.15) is 21.5 Å². The Hall–Kier alpha value is -2.76. The van der Waals surface area contributed by atoms with Crippen LogP contribution < -0.4 is 9.46 Å². The SMILES string of the molecule is COc1ccc(S(=O)(=O)NC(=O)c2ccc(C(F)(F)F)cc2C(F)(F)F)cc1. The van der Waals surface area contributed by atoms with Gasteiger partial charge < -0.3 is 4.74 Å². The molecule has 0 aliphatic heterocycles. The molecule has 5 nitrogen and oxygen atoms in total. The van der Waals surface area contributed by atoms with Gasteiger partial charge in [-0.25, -0.2) is 13.1 Å². The first-order chi connectivity index (χ1) is 12.8. The third kappa shape index (κ3) is 4.74. The first kappa shape index (κ1) is 21.5. The van der Waals surface area contributed by atoms with Crippen molar-refractivity contribution in [3.05, 3.63) is 59.2 Å². The topological polar surface area (TPSA) is 72.5 Å². The van der Waals surface area contributed by atoms with Gasteiger partial charge in [-0.3, -0.25) is 4.79 Å². The number of carbonyl (C=O) groups is 1. The first-order valence-corrected chi connectivity index (χ1v) is 8.73. The molecule has 28 heavy (non-hydrogen) atoms. The zero-order valence-electron chi connectivity index (χ0n) is 13.9. The van der Waals surface area contributed by atoms with E-state index in [1.807, 2.05) is 0 Å². The number of nitrogens with one attached hydrogen (secondary N) is 1. The number of methoxy groups -OCH3 is 1. The molecule has 0 bridgehead atoms. The molecule has 0 heterocycles. The minimum Gasteiger partial charge on any atom is -0.497 e. The molecule has 0 radical (unpaired) electrons. The summed E-state index contributed by atoms with van der Waals surface area (Å²) in [5.74, 6) is -1.44. The smallest absolute Gasteiger partial charge is 0.417 e. The van der Waals surface area contributed by atoms with Gasteiger partial charge in [0.05, 0.1) is 28.7 Å². The van der Waals surface area contributed by atoms with Crippen LogP contribution in [0.2, 0.25) is 0 Å². The zero-order chi connectivity index (χ0) is 21.3. The van der Waals surface area contributed by atoms with Gasteiger partial charge in [-0.2, -0.15) is 26.3 Å². The summed E-state index contributed by atoms with van der Waals surface area (Å²) >= 11 is 0. The lowest BCUT2D eigenvalue weighted by molar-refractivity contribution is -0.143. The molecule has 0 spiro atoms. The average molecular weight is 427 g/mol. The number of amides is 1. The second kappa shape index (κ2) is 7.34. The molecule has 0 atom stereocenters. The molecule has 152 valence electrons. The van der Waals surface area contributed by atoms with Crippen molar-refractivity contribution in [2.75, 3.05) is 7.11 Å². The summed E-state index contributed by atoms with van der Waals surface area (Å²) in [6.45, 7) is 0. The second-order valence-electron chi connectivity index (χ2n) is 5.37. The quantitative estimate of drug-likeness (QED) is 0.753. The molecule has 0 unspecified atom stereocenters. The van der Waals surface area contributed by atoms with Crippen LogP contribution in [0.4, 0.5) is 26.3 Å². The number of halogens is 6. The summed E-state index contributed by atoms with van der Waals surface area (Å²) in [5.41, 5.74) is -4.81. The number of rotatable bonds is 4. The summed E-state index contributed by atoms with van der Waals surface area (Å²) in [6.07, 6.45) is -10.4. The lowest BCUT2D eigenvalue weighted by Gasteiger charge is -2.16. The van der Waals surface area contributed by atoms with E-state index in [4.69, 9.17) is 4.74 Å². The Bertz CT molecular complexity index is 982. The normalized spacial score (nSPS) is 12.5. The van der Waals surface area contributed by atoms with Gasteiger partial charge in [0.25, 0.3) is 15.9 Å². The van der Waals surface area contributed by atoms with Crippen molar-refractivity contribution in [1.29, 1.82) is 0 Å². The molecule has 0 fully saturated rings. The van der Waals surface area contributed by atoms with Crippen LogP contribution in [0.15, 0.2) is 47.4 Å². The highest BCUT2D eigenvalue weighted by molar-refractivity contribution is 7.90. The highest BCUT2D eigenvalue weighted by Gasteiger charge is 2.40.